The first-order valence-corrected chi connectivity index (χ1v) is 11.7. The molecule has 0 saturated carbocycles. The molecule has 0 fully saturated rings. The van der Waals surface area contributed by atoms with Crippen molar-refractivity contribution in [3.63, 3.8) is 0 Å². The van der Waals surface area contributed by atoms with Gasteiger partial charge in [-0.2, -0.15) is 0 Å². The van der Waals surface area contributed by atoms with Crippen molar-refractivity contribution in [3.8, 4) is 5.75 Å². The van der Waals surface area contributed by atoms with E-state index in [1.807, 2.05) is 6.92 Å². The van der Waals surface area contributed by atoms with Gasteiger partial charge < -0.3 is 15.0 Å². The Hall–Kier alpha value is -1.47. The molecule has 0 radical (unpaired) electrons. The Kier molecular flexibility index (Phi) is 10.4. The molecule has 31 heavy (non-hydrogen) atoms. The smallest absolute Gasteiger partial charge is 0.261 e. The minimum Gasteiger partial charge on any atom is -0.482 e. The summed E-state index contributed by atoms with van der Waals surface area (Å²) in [6, 6.07) is 9.51. The van der Waals surface area contributed by atoms with Crippen molar-refractivity contribution in [3.05, 3.63) is 61.5 Å². The summed E-state index contributed by atoms with van der Waals surface area (Å²) < 4.78 is 6.42. The van der Waals surface area contributed by atoms with Crippen molar-refractivity contribution < 1.29 is 14.3 Å². The van der Waals surface area contributed by atoms with E-state index in [-0.39, 0.29) is 25.0 Å². The van der Waals surface area contributed by atoms with Crippen molar-refractivity contribution in [1.82, 2.24) is 10.2 Å². The highest BCUT2D eigenvalue weighted by Gasteiger charge is 2.26. The van der Waals surface area contributed by atoms with Crippen molar-refractivity contribution in [2.75, 3.05) is 13.2 Å². The van der Waals surface area contributed by atoms with Gasteiger partial charge in [-0.1, -0.05) is 70.1 Å². The third-order valence-corrected chi connectivity index (χ3v) is 6.11. The van der Waals surface area contributed by atoms with Gasteiger partial charge in [0.05, 0.1) is 15.1 Å². The fourth-order valence-corrected chi connectivity index (χ4v) is 3.82. The maximum Gasteiger partial charge on any atom is 0.261 e. The SMILES string of the molecule is CCCCNC(=O)C(C)N(Cc1ccc(Cl)c(Cl)c1)C(=O)COc1ccc(Br)cc1Cl. The van der Waals surface area contributed by atoms with Crippen LogP contribution in [-0.2, 0) is 16.1 Å². The molecule has 2 amide bonds. The molecule has 1 N–H and O–H groups in total. The molecule has 0 saturated heterocycles. The Bertz CT molecular complexity index is 927. The average molecular weight is 551 g/mol. The third-order valence-electron chi connectivity index (χ3n) is 4.58. The number of nitrogens with zero attached hydrogens (tertiary/aromatic N) is 1. The van der Waals surface area contributed by atoms with Gasteiger partial charge in [0, 0.05) is 17.6 Å². The van der Waals surface area contributed by atoms with Crippen LogP contribution >= 0.6 is 50.7 Å². The number of carbonyl (C=O) groups excluding carboxylic acids is 2. The summed E-state index contributed by atoms with van der Waals surface area (Å²) in [5.74, 6) is -0.209. The minimum absolute atomic E-state index is 0.176. The number of hydrogen-bond donors (Lipinski definition) is 1. The summed E-state index contributed by atoms with van der Waals surface area (Å²) in [4.78, 5) is 27.1. The van der Waals surface area contributed by atoms with E-state index in [4.69, 9.17) is 39.5 Å². The van der Waals surface area contributed by atoms with Crippen molar-refractivity contribution in [2.45, 2.75) is 39.3 Å². The molecule has 0 spiro atoms. The summed E-state index contributed by atoms with van der Waals surface area (Å²) >= 11 is 21.6. The lowest BCUT2D eigenvalue weighted by Gasteiger charge is -2.29. The minimum atomic E-state index is -0.706. The van der Waals surface area contributed by atoms with Gasteiger partial charge in [-0.3, -0.25) is 9.59 Å². The van der Waals surface area contributed by atoms with E-state index in [1.54, 1.807) is 43.3 Å². The summed E-state index contributed by atoms with van der Waals surface area (Å²) in [5, 5.41) is 4.04. The molecule has 0 aliphatic heterocycles. The summed E-state index contributed by atoms with van der Waals surface area (Å²) in [6.45, 7) is 4.19. The quantitative estimate of drug-likeness (QED) is 0.363. The van der Waals surface area contributed by atoms with Crippen LogP contribution < -0.4 is 10.1 Å². The lowest BCUT2D eigenvalue weighted by Crippen LogP contribution is -2.49. The molecule has 5 nitrogen and oxygen atoms in total. The molecule has 2 rings (SSSR count). The number of rotatable bonds is 10. The second kappa shape index (κ2) is 12.5. The van der Waals surface area contributed by atoms with Crippen LogP contribution in [0.5, 0.6) is 5.75 Å². The van der Waals surface area contributed by atoms with Crippen molar-refractivity contribution in [2.24, 2.45) is 0 Å². The van der Waals surface area contributed by atoms with Crippen molar-refractivity contribution >= 4 is 62.5 Å². The lowest BCUT2D eigenvalue weighted by atomic mass is 10.1. The zero-order chi connectivity index (χ0) is 23.0. The third kappa shape index (κ3) is 7.86. The number of halogens is 4. The molecule has 1 unspecified atom stereocenters. The predicted octanol–water partition coefficient (Wildman–Crippen LogP) is 6.12. The molecule has 0 aliphatic rings. The summed E-state index contributed by atoms with van der Waals surface area (Å²) in [5.41, 5.74) is 0.748. The molecule has 0 aromatic heterocycles. The molecule has 0 heterocycles. The number of carbonyl (C=O) groups is 2. The fraction of sp³-hybridized carbons (Fsp3) is 0.364. The topological polar surface area (TPSA) is 58.6 Å². The number of benzene rings is 2. The van der Waals surface area contributed by atoms with E-state index in [9.17, 15) is 9.59 Å². The van der Waals surface area contributed by atoms with E-state index in [0.717, 1.165) is 22.9 Å². The number of nitrogens with one attached hydrogen (secondary N) is 1. The number of hydrogen-bond acceptors (Lipinski definition) is 3. The Morgan fingerprint density at radius 3 is 2.48 bits per heavy atom. The van der Waals surface area contributed by atoms with E-state index in [1.165, 1.54) is 4.90 Å². The second-order valence-corrected chi connectivity index (χ2v) is 9.09. The molecule has 1 atom stereocenters. The maximum atomic E-state index is 13.0. The standard InChI is InChI=1S/C22H24BrCl3N2O3/c1-3-4-9-27-22(30)14(2)28(12-15-5-7-17(24)18(25)10-15)21(29)13-31-20-8-6-16(23)11-19(20)26/h5-8,10-11,14H,3-4,9,12-13H2,1-2H3,(H,27,30). The maximum absolute atomic E-state index is 13.0. The van der Waals surface area contributed by atoms with Crippen LogP contribution in [0.1, 0.15) is 32.3 Å². The van der Waals surface area contributed by atoms with Gasteiger partial charge in [-0.05, 0) is 49.2 Å². The van der Waals surface area contributed by atoms with Crippen LogP contribution in [0.3, 0.4) is 0 Å². The molecule has 168 valence electrons. The van der Waals surface area contributed by atoms with Crippen LogP contribution in [0.4, 0.5) is 0 Å². The van der Waals surface area contributed by atoms with Gasteiger partial charge in [0.25, 0.3) is 5.91 Å². The first kappa shape index (κ1) is 25.8. The molecule has 2 aromatic rings. The zero-order valence-electron chi connectivity index (χ0n) is 17.3. The van der Waals surface area contributed by atoms with E-state index in [0.29, 0.717) is 27.4 Å². The summed E-state index contributed by atoms with van der Waals surface area (Å²) in [6.07, 6.45) is 1.83. The normalized spacial score (nSPS) is 11.7. The van der Waals surface area contributed by atoms with Gasteiger partial charge in [-0.15, -0.1) is 0 Å². The highest BCUT2D eigenvalue weighted by molar-refractivity contribution is 9.10. The molecule has 0 bridgehead atoms. The number of unbranched alkanes of at least 4 members (excludes halogenated alkanes) is 1. The van der Waals surface area contributed by atoms with Gasteiger partial charge in [0.1, 0.15) is 11.8 Å². The van der Waals surface area contributed by atoms with Gasteiger partial charge in [0.15, 0.2) is 6.61 Å². The Morgan fingerprint density at radius 2 is 1.84 bits per heavy atom. The van der Waals surface area contributed by atoms with E-state index in [2.05, 4.69) is 21.2 Å². The first-order valence-electron chi connectivity index (χ1n) is 9.81. The summed E-state index contributed by atoms with van der Waals surface area (Å²) in [7, 11) is 0. The molecular weight excluding hydrogens is 527 g/mol. The van der Waals surface area contributed by atoms with Gasteiger partial charge >= 0.3 is 0 Å². The van der Waals surface area contributed by atoms with Crippen LogP contribution in [0.15, 0.2) is 40.9 Å². The predicted molar refractivity (Wildman–Crippen MR) is 129 cm³/mol. The lowest BCUT2D eigenvalue weighted by molar-refractivity contribution is -0.142. The molecule has 0 aliphatic carbocycles. The van der Waals surface area contributed by atoms with Crippen LogP contribution in [0.25, 0.3) is 0 Å². The van der Waals surface area contributed by atoms with Crippen LogP contribution in [-0.4, -0.2) is 35.9 Å². The Balaban J connectivity index is 2.17. The van der Waals surface area contributed by atoms with Crippen molar-refractivity contribution in [1.29, 1.82) is 0 Å². The van der Waals surface area contributed by atoms with Gasteiger partial charge in [-0.25, -0.2) is 0 Å². The number of ether oxygens (including phenoxy) is 1. The van der Waals surface area contributed by atoms with Crippen LogP contribution in [0, 0.1) is 0 Å². The average Bonchev–Trinajstić information content (AvgIpc) is 2.73. The largest absolute Gasteiger partial charge is 0.482 e. The number of amides is 2. The Morgan fingerprint density at radius 1 is 1.10 bits per heavy atom. The molecule has 2 aromatic carbocycles. The van der Waals surface area contributed by atoms with E-state index < -0.39 is 6.04 Å². The molecular formula is C22H24BrCl3N2O3. The van der Waals surface area contributed by atoms with Gasteiger partial charge in [0.2, 0.25) is 5.91 Å². The first-order chi connectivity index (χ1) is 14.7. The monoisotopic (exact) mass is 548 g/mol. The Labute approximate surface area is 206 Å². The fourth-order valence-electron chi connectivity index (χ4n) is 2.77. The second-order valence-electron chi connectivity index (χ2n) is 6.95. The van der Waals surface area contributed by atoms with Crippen LogP contribution in [0.2, 0.25) is 15.1 Å². The highest BCUT2D eigenvalue weighted by Crippen LogP contribution is 2.28. The van der Waals surface area contributed by atoms with E-state index >= 15 is 0 Å². The highest BCUT2D eigenvalue weighted by atomic mass is 79.9. The molecule has 9 heteroatoms. The zero-order valence-corrected chi connectivity index (χ0v) is 21.1.